The van der Waals surface area contributed by atoms with E-state index in [1.165, 1.54) is 17.4 Å². The highest BCUT2D eigenvalue weighted by Gasteiger charge is 2.16. The van der Waals surface area contributed by atoms with Gasteiger partial charge in [-0.15, -0.1) is 11.3 Å². The van der Waals surface area contributed by atoms with E-state index < -0.39 is 0 Å². The number of anilines is 1. The van der Waals surface area contributed by atoms with E-state index in [0.717, 1.165) is 11.3 Å². The van der Waals surface area contributed by atoms with Gasteiger partial charge in [-0.25, -0.2) is 9.37 Å². The monoisotopic (exact) mass is 351 g/mol. The number of hydrogen-bond donors (Lipinski definition) is 1. The quantitative estimate of drug-likeness (QED) is 0.582. The fraction of sp³-hybridized carbons (Fsp3) is 0.0526. The van der Waals surface area contributed by atoms with E-state index in [4.69, 9.17) is 0 Å². The molecule has 25 heavy (non-hydrogen) atoms. The van der Waals surface area contributed by atoms with Gasteiger partial charge >= 0.3 is 0 Å². The molecule has 0 radical (unpaired) electrons. The smallest absolute Gasteiger partial charge is 0.274 e. The predicted octanol–water partition coefficient (Wildman–Crippen LogP) is 4.69. The molecule has 1 N–H and O–H groups in total. The molecule has 0 aliphatic rings. The number of aromatic nitrogens is 2. The first-order chi connectivity index (χ1) is 12.1. The van der Waals surface area contributed by atoms with Gasteiger partial charge in [-0.1, -0.05) is 36.4 Å². The van der Waals surface area contributed by atoms with Gasteiger partial charge in [0.2, 0.25) is 0 Å². The average molecular weight is 351 g/mol. The summed E-state index contributed by atoms with van der Waals surface area (Å²) >= 11 is 1.36. The third-order valence-corrected chi connectivity index (χ3v) is 4.82. The lowest BCUT2D eigenvalue weighted by atomic mass is 10.2. The highest BCUT2D eigenvalue weighted by molar-refractivity contribution is 7.14. The predicted molar refractivity (Wildman–Crippen MR) is 98.4 cm³/mol. The molecule has 6 heteroatoms. The molecule has 4 aromatic rings. The summed E-state index contributed by atoms with van der Waals surface area (Å²) in [4.78, 5) is 17.0. The van der Waals surface area contributed by atoms with Crippen LogP contribution in [0.4, 0.5) is 9.52 Å². The molecule has 0 saturated heterocycles. The average Bonchev–Trinajstić information content (AvgIpc) is 3.22. The van der Waals surface area contributed by atoms with Crippen LogP contribution in [0.1, 0.15) is 10.5 Å². The van der Waals surface area contributed by atoms with Gasteiger partial charge in [0.25, 0.3) is 5.91 Å². The molecule has 2 aromatic heterocycles. The van der Waals surface area contributed by atoms with Crippen molar-refractivity contribution in [3.05, 3.63) is 71.5 Å². The molecule has 0 fully saturated rings. The van der Waals surface area contributed by atoms with Crippen molar-refractivity contribution in [1.29, 1.82) is 0 Å². The minimum atomic E-state index is -0.340. The van der Waals surface area contributed by atoms with Crippen LogP contribution < -0.4 is 5.32 Å². The Morgan fingerprint density at radius 3 is 2.72 bits per heavy atom. The number of thiazole rings is 1. The Kier molecular flexibility index (Phi) is 3.82. The van der Waals surface area contributed by atoms with Crippen molar-refractivity contribution in [2.24, 2.45) is 7.05 Å². The van der Waals surface area contributed by atoms with Crippen LogP contribution in [-0.2, 0) is 7.05 Å². The van der Waals surface area contributed by atoms with E-state index in [9.17, 15) is 9.18 Å². The topological polar surface area (TPSA) is 46.9 Å². The van der Waals surface area contributed by atoms with Crippen molar-refractivity contribution in [2.75, 3.05) is 5.32 Å². The fourth-order valence-electron chi connectivity index (χ4n) is 2.78. The van der Waals surface area contributed by atoms with Crippen molar-refractivity contribution < 1.29 is 9.18 Å². The minimum absolute atomic E-state index is 0.313. The third-order valence-electron chi connectivity index (χ3n) is 4.06. The zero-order chi connectivity index (χ0) is 17.4. The number of aryl methyl sites for hydroxylation is 1. The molecule has 0 aliphatic heterocycles. The number of rotatable bonds is 3. The van der Waals surface area contributed by atoms with Crippen LogP contribution in [0.25, 0.3) is 22.2 Å². The maximum atomic E-state index is 13.9. The number of nitrogens with one attached hydrogen (secondary N) is 1. The molecule has 0 unspecified atom stereocenters. The van der Waals surface area contributed by atoms with Crippen LogP contribution >= 0.6 is 11.3 Å². The summed E-state index contributed by atoms with van der Waals surface area (Å²) in [5.41, 5.74) is 2.86. The van der Waals surface area contributed by atoms with Gasteiger partial charge in [0.1, 0.15) is 11.5 Å². The number of hydrogen-bond acceptors (Lipinski definition) is 3. The van der Waals surface area contributed by atoms with Crippen LogP contribution in [0.3, 0.4) is 0 Å². The zero-order valence-corrected chi connectivity index (χ0v) is 14.2. The molecule has 4 rings (SSSR count). The van der Waals surface area contributed by atoms with Gasteiger partial charge in [0.15, 0.2) is 5.13 Å². The molecule has 0 saturated carbocycles. The largest absolute Gasteiger partial charge is 0.340 e. The van der Waals surface area contributed by atoms with Crippen LogP contribution in [0.15, 0.2) is 60.0 Å². The van der Waals surface area contributed by atoms with Gasteiger partial charge in [-0.3, -0.25) is 10.1 Å². The van der Waals surface area contributed by atoms with Gasteiger partial charge < -0.3 is 4.57 Å². The van der Waals surface area contributed by atoms with Crippen LogP contribution in [0, 0.1) is 5.82 Å². The van der Waals surface area contributed by atoms with E-state index in [1.54, 1.807) is 29.8 Å². The lowest BCUT2D eigenvalue weighted by Crippen LogP contribution is -2.15. The minimum Gasteiger partial charge on any atom is -0.340 e. The normalized spacial score (nSPS) is 11.0. The number of halogens is 1. The maximum Gasteiger partial charge on any atom is 0.274 e. The highest BCUT2D eigenvalue weighted by atomic mass is 32.1. The number of amides is 1. The lowest BCUT2D eigenvalue weighted by Gasteiger charge is -2.04. The molecule has 4 nitrogen and oxygen atoms in total. The summed E-state index contributed by atoms with van der Waals surface area (Å²) < 4.78 is 15.6. The standard InChI is InChI=1S/C19H14FN3OS/c1-23-16-9-5-8-14(20)13(16)10-17(23)18(24)22-19-21-15(11-25-19)12-6-3-2-4-7-12/h2-11H,1H3,(H,21,22,24). The summed E-state index contributed by atoms with van der Waals surface area (Å²) in [5.74, 6) is -0.653. The second-order valence-corrected chi connectivity index (χ2v) is 6.48. The molecule has 124 valence electrons. The molecule has 1 amide bonds. The Bertz CT molecular complexity index is 1070. The highest BCUT2D eigenvalue weighted by Crippen LogP contribution is 2.26. The third kappa shape index (κ3) is 2.81. The molecule has 0 bridgehead atoms. The second-order valence-electron chi connectivity index (χ2n) is 5.62. The van der Waals surface area contributed by atoms with Crippen LogP contribution in [0.5, 0.6) is 0 Å². The van der Waals surface area contributed by atoms with Gasteiger partial charge in [-0.2, -0.15) is 0 Å². The number of benzene rings is 2. The molecule has 0 spiro atoms. The summed E-state index contributed by atoms with van der Waals surface area (Å²) in [6, 6.07) is 16.1. The summed E-state index contributed by atoms with van der Waals surface area (Å²) in [6.45, 7) is 0. The van der Waals surface area contributed by atoms with Gasteiger partial charge in [0.05, 0.1) is 11.2 Å². The van der Waals surface area contributed by atoms with E-state index in [2.05, 4.69) is 10.3 Å². The Labute approximate surface area is 147 Å². The molecule has 2 heterocycles. The SMILES string of the molecule is Cn1c(C(=O)Nc2nc(-c3ccccc3)cs2)cc2c(F)cccc21. The Balaban J connectivity index is 1.62. The van der Waals surface area contributed by atoms with Crippen molar-refractivity contribution in [3.8, 4) is 11.3 Å². The first-order valence-corrected chi connectivity index (χ1v) is 8.57. The van der Waals surface area contributed by atoms with E-state index in [0.29, 0.717) is 21.7 Å². The molecule has 2 aromatic carbocycles. The zero-order valence-electron chi connectivity index (χ0n) is 13.4. The summed E-state index contributed by atoms with van der Waals surface area (Å²) in [7, 11) is 1.74. The number of carbonyl (C=O) groups is 1. The van der Waals surface area contributed by atoms with Crippen LogP contribution in [0.2, 0.25) is 0 Å². The first kappa shape index (κ1) is 15.5. The van der Waals surface area contributed by atoms with Crippen molar-refractivity contribution >= 4 is 33.3 Å². The van der Waals surface area contributed by atoms with Crippen molar-refractivity contribution in [1.82, 2.24) is 9.55 Å². The lowest BCUT2D eigenvalue weighted by molar-refractivity contribution is 0.102. The van der Waals surface area contributed by atoms with E-state index in [-0.39, 0.29) is 11.7 Å². The first-order valence-electron chi connectivity index (χ1n) is 7.70. The van der Waals surface area contributed by atoms with Gasteiger partial charge in [-0.05, 0) is 18.2 Å². The van der Waals surface area contributed by atoms with Crippen molar-refractivity contribution in [3.63, 3.8) is 0 Å². The fourth-order valence-corrected chi connectivity index (χ4v) is 3.49. The Morgan fingerprint density at radius 1 is 1.16 bits per heavy atom. The number of nitrogens with zero attached hydrogens (tertiary/aromatic N) is 2. The molecular weight excluding hydrogens is 337 g/mol. The summed E-state index contributed by atoms with van der Waals surface area (Å²) in [6.07, 6.45) is 0. The van der Waals surface area contributed by atoms with E-state index in [1.807, 2.05) is 35.7 Å². The number of carbonyl (C=O) groups excluding carboxylic acids is 1. The summed E-state index contributed by atoms with van der Waals surface area (Å²) in [5, 5.41) is 5.63. The molecule has 0 atom stereocenters. The van der Waals surface area contributed by atoms with E-state index >= 15 is 0 Å². The van der Waals surface area contributed by atoms with Crippen molar-refractivity contribution in [2.45, 2.75) is 0 Å². The molecular formula is C19H14FN3OS. The van der Waals surface area contributed by atoms with Crippen LogP contribution in [-0.4, -0.2) is 15.5 Å². The number of fused-ring (bicyclic) bond motifs is 1. The van der Waals surface area contributed by atoms with Gasteiger partial charge in [0, 0.05) is 23.4 Å². The second kappa shape index (κ2) is 6.14. The molecule has 0 aliphatic carbocycles. The maximum absolute atomic E-state index is 13.9. The Hall–Kier alpha value is -2.99. The Morgan fingerprint density at radius 2 is 1.96 bits per heavy atom.